The molecule has 0 radical (unpaired) electrons. The van der Waals surface area contributed by atoms with Crippen molar-refractivity contribution in [3.8, 4) is 0 Å². The van der Waals surface area contributed by atoms with Crippen LogP contribution in [0.3, 0.4) is 0 Å². The molecule has 0 unspecified atom stereocenters. The summed E-state index contributed by atoms with van der Waals surface area (Å²) in [6.07, 6.45) is 1.66. The first-order valence-electron chi connectivity index (χ1n) is 3.43. The Balaban J connectivity index is 2.80. The molecule has 0 aliphatic heterocycles. The number of aromatic nitrogens is 1. The van der Waals surface area contributed by atoms with E-state index in [0.29, 0.717) is 5.82 Å². The lowest BCUT2D eigenvalue weighted by molar-refractivity contribution is 0.161. The molecule has 0 N–H and O–H groups in total. The van der Waals surface area contributed by atoms with E-state index in [0.717, 1.165) is 0 Å². The van der Waals surface area contributed by atoms with Crippen molar-refractivity contribution in [2.24, 2.45) is 10.3 Å². The molecule has 0 saturated carbocycles. The van der Waals surface area contributed by atoms with Crippen LogP contribution >= 0.6 is 0 Å². The molecule has 0 atom stereocenters. The summed E-state index contributed by atoms with van der Waals surface area (Å²) in [5.74, 6) is 0.602. The van der Waals surface area contributed by atoms with Gasteiger partial charge in [-0.05, 0) is 17.4 Å². The van der Waals surface area contributed by atoms with Gasteiger partial charge >= 0.3 is 0 Å². The van der Waals surface area contributed by atoms with E-state index in [2.05, 4.69) is 15.3 Å². The maximum Gasteiger partial charge on any atom is 0.180 e. The van der Waals surface area contributed by atoms with E-state index in [1.165, 1.54) is 12.3 Å². The highest BCUT2D eigenvalue weighted by Crippen LogP contribution is 2.08. The minimum Gasteiger partial charge on any atom is -0.253 e. The fraction of sp³-hybridized carbons (Fsp3) is 0.286. The van der Waals surface area contributed by atoms with Crippen LogP contribution in [0.1, 0.15) is 0 Å². The number of anilines is 1. The maximum absolute atomic E-state index is 4.89. The van der Waals surface area contributed by atoms with Crippen LogP contribution in [0.2, 0.25) is 0 Å². The van der Waals surface area contributed by atoms with Crippen molar-refractivity contribution in [3.63, 3.8) is 0 Å². The van der Waals surface area contributed by atoms with E-state index in [1.807, 2.05) is 12.1 Å². The molecule has 64 valence electrons. The second-order valence-electron chi connectivity index (χ2n) is 1.93. The Morgan fingerprint density at radius 1 is 1.50 bits per heavy atom. The number of hydrogen-bond donors (Lipinski definition) is 0. The molecular weight excluding hydrogens is 156 g/mol. The van der Waals surface area contributed by atoms with Crippen LogP contribution in [0.5, 0.6) is 0 Å². The largest absolute Gasteiger partial charge is 0.253 e. The number of nitrogens with zero attached hydrogens (tertiary/aromatic N) is 4. The van der Waals surface area contributed by atoms with Gasteiger partial charge in [-0.1, -0.05) is 6.07 Å². The molecule has 1 aromatic heterocycles. The zero-order chi connectivity index (χ0) is 8.81. The Morgan fingerprint density at radius 2 is 2.33 bits per heavy atom. The average molecular weight is 166 g/mol. The lowest BCUT2D eigenvalue weighted by Crippen LogP contribution is -2.14. The first-order valence-corrected chi connectivity index (χ1v) is 3.43. The van der Waals surface area contributed by atoms with Crippen molar-refractivity contribution in [2.75, 3.05) is 19.3 Å². The van der Waals surface area contributed by atoms with E-state index >= 15 is 0 Å². The molecule has 0 saturated heterocycles. The fourth-order valence-corrected chi connectivity index (χ4v) is 0.724. The minimum atomic E-state index is 0.602. The molecule has 5 heteroatoms. The molecule has 0 aliphatic carbocycles. The monoisotopic (exact) mass is 166 g/mol. The molecule has 12 heavy (non-hydrogen) atoms. The third kappa shape index (κ3) is 2.00. The van der Waals surface area contributed by atoms with E-state index in [4.69, 9.17) is 4.84 Å². The first-order chi connectivity index (χ1) is 5.88. The summed E-state index contributed by atoms with van der Waals surface area (Å²) in [5.41, 5.74) is 0. The molecule has 1 rings (SSSR count). The lowest BCUT2D eigenvalue weighted by atomic mass is 10.5. The topological polar surface area (TPSA) is 50.1 Å². The summed E-state index contributed by atoms with van der Waals surface area (Å²) < 4.78 is 0. The Hall–Kier alpha value is -1.49. The fourth-order valence-electron chi connectivity index (χ4n) is 0.724. The van der Waals surface area contributed by atoms with Gasteiger partial charge in [0.2, 0.25) is 0 Å². The zero-order valence-electron chi connectivity index (χ0n) is 7.01. The quantitative estimate of drug-likeness (QED) is 0.504. The predicted octanol–water partition coefficient (Wildman–Crippen LogP) is 1.45. The van der Waals surface area contributed by atoms with Gasteiger partial charge in [-0.15, -0.1) is 5.17 Å². The van der Waals surface area contributed by atoms with Crippen LogP contribution in [-0.2, 0) is 4.84 Å². The second kappa shape index (κ2) is 4.40. The van der Waals surface area contributed by atoms with Gasteiger partial charge in [0.05, 0.1) is 14.2 Å². The van der Waals surface area contributed by atoms with Gasteiger partial charge in [-0.3, -0.25) is 4.84 Å². The summed E-state index contributed by atoms with van der Waals surface area (Å²) in [7, 11) is 3.07. The Kier molecular flexibility index (Phi) is 3.16. The van der Waals surface area contributed by atoms with Crippen LogP contribution in [0, 0.1) is 0 Å². The highest BCUT2D eigenvalue weighted by atomic mass is 16.7. The van der Waals surface area contributed by atoms with Crippen LogP contribution in [0.4, 0.5) is 5.82 Å². The molecule has 1 heterocycles. The summed E-state index contributed by atoms with van der Waals surface area (Å²) in [6, 6.07) is 5.44. The van der Waals surface area contributed by atoms with E-state index in [9.17, 15) is 0 Å². The van der Waals surface area contributed by atoms with E-state index in [-0.39, 0.29) is 0 Å². The number of pyridine rings is 1. The van der Waals surface area contributed by atoms with Crippen LogP contribution in [0.15, 0.2) is 34.7 Å². The lowest BCUT2D eigenvalue weighted by Gasteiger charge is -2.11. The van der Waals surface area contributed by atoms with Gasteiger partial charge in [-0.2, -0.15) is 5.11 Å². The van der Waals surface area contributed by atoms with Crippen molar-refractivity contribution >= 4 is 5.82 Å². The Bertz CT molecular complexity index is 249. The standard InChI is InChI=1S/C7H10N4O/c1-8-10-11(12-2)7-5-3-4-6-9-7/h3-6H,1-2H3. The molecular formula is C7H10N4O. The zero-order valence-corrected chi connectivity index (χ0v) is 7.01. The highest BCUT2D eigenvalue weighted by molar-refractivity contribution is 5.32. The van der Waals surface area contributed by atoms with Gasteiger partial charge in [0.1, 0.15) is 0 Å². The van der Waals surface area contributed by atoms with Gasteiger partial charge in [0.25, 0.3) is 0 Å². The molecule has 0 bridgehead atoms. The van der Waals surface area contributed by atoms with Gasteiger partial charge in [0, 0.05) is 6.20 Å². The summed E-state index contributed by atoms with van der Waals surface area (Å²) in [4.78, 5) is 8.90. The van der Waals surface area contributed by atoms with Gasteiger partial charge in [0.15, 0.2) is 5.82 Å². The summed E-state index contributed by atoms with van der Waals surface area (Å²) >= 11 is 0. The highest BCUT2D eigenvalue weighted by Gasteiger charge is 2.02. The molecule has 0 aliphatic rings. The van der Waals surface area contributed by atoms with Crippen molar-refractivity contribution in [3.05, 3.63) is 24.4 Å². The third-order valence-electron chi connectivity index (χ3n) is 1.19. The molecule has 0 fully saturated rings. The number of rotatable bonds is 3. The van der Waals surface area contributed by atoms with Crippen molar-refractivity contribution in [2.45, 2.75) is 0 Å². The third-order valence-corrected chi connectivity index (χ3v) is 1.19. The SMILES string of the molecule is CN=NN(OC)c1ccccn1. The normalized spacial score (nSPS) is 10.5. The van der Waals surface area contributed by atoms with E-state index in [1.54, 1.807) is 19.3 Å². The van der Waals surface area contributed by atoms with Crippen molar-refractivity contribution in [1.82, 2.24) is 4.98 Å². The summed E-state index contributed by atoms with van der Waals surface area (Å²) in [5, 5.41) is 8.49. The van der Waals surface area contributed by atoms with Crippen molar-refractivity contribution < 1.29 is 4.84 Å². The predicted molar refractivity (Wildman–Crippen MR) is 44.5 cm³/mol. The van der Waals surface area contributed by atoms with Gasteiger partial charge in [-0.25, -0.2) is 4.98 Å². The van der Waals surface area contributed by atoms with Crippen LogP contribution in [-0.4, -0.2) is 19.1 Å². The van der Waals surface area contributed by atoms with Crippen LogP contribution < -0.4 is 5.17 Å². The van der Waals surface area contributed by atoms with Crippen molar-refractivity contribution in [1.29, 1.82) is 0 Å². The molecule has 1 aromatic rings. The summed E-state index contributed by atoms with van der Waals surface area (Å²) in [6.45, 7) is 0. The van der Waals surface area contributed by atoms with Gasteiger partial charge < -0.3 is 0 Å². The minimum absolute atomic E-state index is 0.602. The smallest absolute Gasteiger partial charge is 0.180 e. The number of hydrogen-bond acceptors (Lipinski definition) is 4. The second-order valence-corrected chi connectivity index (χ2v) is 1.93. The Labute approximate surface area is 70.6 Å². The average Bonchev–Trinajstić information content (AvgIpc) is 2.15. The molecule has 5 nitrogen and oxygen atoms in total. The van der Waals surface area contributed by atoms with E-state index < -0.39 is 0 Å². The Morgan fingerprint density at radius 3 is 2.83 bits per heavy atom. The first kappa shape index (κ1) is 8.61. The maximum atomic E-state index is 4.89. The van der Waals surface area contributed by atoms with Crippen LogP contribution in [0.25, 0.3) is 0 Å². The molecule has 0 amide bonds. The molecule has 0 spiro atoms. The molecule has 0 aromatic carbocycles.